The number of methoxy groups -OCH3 is 2. The fraction of sp³-hybridized carbons (Fsp3) is 0.385. The number of anilines is 1. The molecule has 1 fully saturated rings. The predicted octanol–water partition coefficient (Wildman–Crippen LogP) is 0.845. The number of esters is 1. The maximum Gasteiger partial charge on any atom is 0.337 e. The molecule has 0 radical (unpaired) electrons. The number of nitrogens with zero attached hydrogens (tertiary/aromatic N) is 1. The number of hydrogen-bond donors (Lipinski definition) is 0. The fourth-order valence-electron chi connectivity index (χ4n) is 1.92. The van der Waals surface area contributed by atoms with Crippen molar-refractivity contribution in [2.24, 2.45) is 0 Å². The van der Waals surface area contributed by atoms with Gasteiger partial charge in [0.25, 0.3) is 5.91 Å². The quantitative estimate of drug-likeness (QED) is 0.758. The molecule has 0 atom stereocenters. The zero-order valence-electron chi connectivity index (χ0n) is 10.8. The van der Waals surface area contributed by atoms with Crippen molar-refractivity contribution in [1.29, 1.82) is 0 Å². The highest BCUT2D eigenvalue weighted by Gasteiger charge is 2.23. The van der Waals surface area contributed by atoms with Crippen molar-refractivity contribution in [1.82, 2.24) is 0 Å². The van der Waals surface area contributed by atoms with Crippen molar-refractivity contribution in [2.75, 3.05) is 38.9 Å². The van der Waals surface area contributed by atoms with Crippen LogP contribution in [0.25, 0.3) is 0 Å². The molecule has 0 bridgehead atoms. The van der Waals surface area contributed by atoms with Gasteiger partial charge in [-0.3, -0.25) is 4.79 Å². The van der Waals surface area contributed by atoms with E-state index in [9.17, 15) is 9.59 Å². The normalized spacial score (nSPS) is 15.3. The molecule has 0 saturated carbocycles. The van der Waals surface area contributed by atoms with E-state index < -0.39 is 5.97 Å². The molecule has 1 saturated heterocycles. The molecule has 1 aromatic rings. The van der Waals surface area contributed by atoms with Gasteiger partial charge < -0.3 is 19.1 Å². The lowest BCUT2D eigenvalue weighted by atomic mass is 10.1. The second-order valence-corrected chi connectivity index (χ2v) is 3.98. The van der Waals surface area contributed by atoms with Gasteiger partial charge in [0.1, 0.15) is 12.4 Å². The first kappa shape index (κ1) is 13.4. The van der Waals surface area contributed by atoms with Crippen molar-refractivity contribution >= 4 is 17.6 Å². The van der Waals surface area contributed by atoms with Crippen molar-refractivity contribution in [3.63, 3.8) is 0 Å². The largest absolute Gasteiger partial charge is 0.495 e. The lowest BCUT2D eigenvalue weighted by molar-refractivity contribution is -0.125. The third-order valence-corrected chi connectivity index (χ3v) is 2.88. The monoisotopic (exact) mass is 265 g/mol. The summed E-state index contributed by atoms with van der Waals surface area (Å²) in [4.78, 5) is 24.8. The molecule has 6 heteroatoms. The van der Waals surface area contributed by atoms with Crippen molar-refractivity contribution in [3.05, 3.63) is 23.8 Å². The maximum atomic E-state index is 11.8. The van der Waals surface area contributed by atoms with Crippen LogP contribution < -0.4 is 9.64 Å². The van der Waals surface area contributed by atoms with Gasteiger partial charge in [0.15, 0.2) is 0 Å². The van der Waals surface area contributed by atoms with Gasteiger partial charge in [0.2, 0.25) is 0 Å². The zero-order chi connectivity index (χ0) is 13.8. The lowest BCUT2D eigenvalue weighted by Crippen LogP contribution is -2.41. The first-order chi connectivity index (χ1) is 9.17. The zero-order valence-corrected chi connectivity index (χ0v) is 10.8. The maximum absolute atomic E-state index is 11.8. The molecule has 0 unspecified atom stereocenters. The molecular weight excluding hydrogens is 250 g/mol. The van der Waals surface area contributed by atoms with Crippen LogP contribution >= 0.6 is 0 Å². The molecule has 102 valence electrons. The summed E-state index contributed by atoms with van der Waals surface area (Å²) in [5, 5.41) is 0. The minimum atomic E-state index is -0.446. The summed E-state index contributed by atoms with van der Waals surface area (Å²) in [5.74, 6) is -0.119. The summed E-state index contributed by atoms with van der Waals surface area (Å²) in [5.41, 5.74) is 1.01. The summed E-state index contributed by atoms with van der Waals surface area (Å²) in [7, 11) is 2.80. The summed E-state index contributed by atoms with van der Waals surface area (Å²) < 4.78 is 15.0. The van der Waals surface area contributed by atoms with Crippen LogP contribution in [0.5, 0.6) is 5.75 Å². The van der Waals surface area contributed by atoms with Gasteiger partial charge in [-0.2, -0.15) is 0 Å². The minimum Gasteiger partial charge on any atom is -0.495 e. The number of carbonyl (C=O) groups excluding carboxylic acids is 2. The molecule has 0 N–H and O–H groups in total. The number of amides is 1. The van der Waals surface area contributed by atoms with Gasteiger partial charge in [-0.1, -0.05) is 0 Å². The average molecular weight is 265 g/mol. The van der Waals surface area contributed by atoms with E-state index >= 15 is 0 Å². The van der Waals surface area contributed by atoms with Crippen molar-refractivity contribution in [3.8, 4) is 5.75 Å². The van der Waals surface area contributed by atoms with Gasteiger partial charge in [0, 0.05) is 6.54 Å². The highest BCUT2D eigenvalue weighted by Crippen LogP contribution is 2.30. The number of morpholine rings is 1. The molecule has 0 aromatic heterocycles. The van der Waals surface area contributed by atoms with E-state index in [4.69, 9.17) is 9.47 Å². The van der Waals surface area contributed by atoms with E-state index in [1.54, 1.807) is 23.1 Å². The Morgan fingerprint density at radius 2 is 2.16 bits per heavy atom. The van der Waals surface area contributed by atoms with E-state index in [0.29, 0.717) is 30.2 Å². The standard InChI is InChI=1S/C13H15NO5/c1-17-11-7-9(13(16)18-2)3-4-10(11)14-5-6-19-8-12(14)15/h3-4,7H,5-6,8H2,1-2H3. The number of carbonyl (C=O) groups is 2. The Morgan fingerprint density at radius 1 is 1.37 bits per heavy atom. The second kappa shape index (κ2) is 5.71. The van der Waals surface area contributed by atoms with Gasteiger partial charge in [0.05, 0.1) is 32.1 Å². The fourth-order valence-corrected chi connectivity index (χ4v) is 1.92. The Hall–Kier alpha value is -2.08. The van der Waals surface area contributed by atoms with Crippen LogP contribution in [-0.4, -0.2) is 45.9 Å². The van der Waals surface area contributed by atoms with E-state index in [2.05, 4.69) is 4.74 Å². The highest BCUT2D eigenvalue weighted by atomic mass is 16.5. The number of ether oxygens (including phenoxy) is 3. The van der Waals surface area contributed by atoms with E-state index in [1.165, 1.54) is 14.2 Å². The highest BCUT2D eigenvalue weighted by molar-refractivity contribution is 5.97. The Labute approximate surface area is 110 Å². The lowest BCUT2D eigenvalue weighted by Gasteiger charge is -2.28. The first-order valence-corrected chi connectivity index (χ1v) is 5.82. The molecule has 1 aromatic carbocycles. The molecule has 2 rings (SSSR count). The van der Waals surface area contributed by atoms with Crippen LogP contribution in [0.3, 0.4) is 0 Å². The molecule has 0 aliphatic carbocycles. The molecule has 0 spiro atoms. The van der Waals surface area contributed by atoms with Crippen LogP contribution in [0.2, 0.25) is 0 Å². The van der Waals surface area contributed by atoms with Crippen LogP contribution in [0.4, 0.5) is 5.69 Å². The van der Waals surface area contributed by atoms with Gasteiger partial charge in [-0.05, 0) is 18.2 Å². The average Bonchev–Trinajstić information content (AvgIpc) is 2.46. The Morgan fingerprint density at radius 3 is 2.79 bits per heavy atom. The molecule has 1 aliphatic heterocycles. The van der Waals surface area contributed by atoms with Crippen LogP contribution in [0.15, 0.2) is 18.2 Å². The molecule has 1 heterocycles. The molecule has 1 aliphatic rings. The second-order valence-electron chi connectivity index (χ2n) is 3.98. The van der Waals surface area contributed by atoms with Gasteiger partial charge >= 0.3 is 5.97 Å². The molecular formula is C13H15NO5. The summed E-state index contributed by atoms with van der Waals surface area (Å²) in [6.45, 7) is 1.00. The smallest absolute Gasteiger partial charge is 0.337 e. The van der Waals surface area contributed by atoms with Crippen molar-refractivity contribution < 1.29 is 23.8 Å². The van der Waals surface area contributed by atoms with Crippen LogP contribution in [-0.2, 0) is 14.3 Å². The molecule has 19 heavy (non-hydrogen) atoms. The van der Waals surface area contributed by atoms with E-state index in [1.807, 2.05) is 0 Å². The Kier molecular flexibility index (Phi) is 4.01. The Balaban J connectivity index is 2.35. The number of benzene rings is 1. The summed E-state index contributed by atoms with van der Waals surface area (Å²) in [6, 6.07) is 4.84. The third-order valence-electron chi connectivity index (χ3n) is 2.88. The third kappa shape index (κ3) is 2.68. The minimum absolute atomic E-state index is 0.0574. The summed E-state index contributed by atoms with van der Waals surface area (Å²) >= 11 is 0. The molecule has 1 amide bonds. The van der Waals surface area contributed by atoms with Crippen LogP contribution in [0, 0.1) is 0 Å². The van der Waals surface area contributed by atoms with E-state index in [-0.39, 0.29) is 12.5 Å². The van der Waals surface area contributed by atoms with Gasteiger partial charge in [-0.15, -0.1) is 0 Å². The van der Waals surface area contributed by atoms with E-state index in [0.717, 1.165) is 0 Å². The Bertz CT molecular complexity index is 500. The number of rotatable bonds is 3. The van der Waals surface area contributed by atoms with Crippen LogP contribution in [0.1, 0.15) is 10.4 Å². The number of hydrogen-bond acceptors (Lipinski definition) is 5. The summed E-state index contributed by atoms with van der Waals surface area (Å²) in [6.07, 6.45) is 0. The van der Waals surface area contributed by atoms with Gasteiger partial charge in [-0.25, -0.2) is 4.79 Å². The first-order valence-electron chi connectivity index (χ1n) is 5.82. The molecule has 6 nitrogen and oxygen atoms in total. The SMILES string of the molecule is COC(=O)c1ccc(N2CCOCC2=O)c(OC)c1. The van der Waals surface area contributed by atoms with Crippen molar-refractivity contribution in [2.45, 2.75) is 0 Å². The predicted molar refractivity (Wildman–Crippen MR) is 67.5 cm³/mol. The topological polar surface area (TPSA) is 65.1 Å².